The van der Waals surface area contributed by atoms with Gasteiger partial charge in [-0.05, 0) is 11.6 Å². The third-order valence-electron chi connectivity index (χ3n) is 4.21. The van der Waals surface area contributed by atoms with Crippen LogP contribution < -0.4 is 10.1 Å². The van der Waals surface area contributed by atoms with E-state index < -0.39 is 27.8 Å². The summed E-state index contributed by atoms with van der Waals surface area (Å²) in [6.07, 6.45) is -0.320. The van der Waals surface area contributed by atoms with Gasteiger partial charge in [-0.1, -0.05) is 12.1 Å². The molecule has 0 heterocycles. The number of non-ortho nitro benzene ring substituents is 2. The molecular weight excluding hydrogens is 398 g/mol. The van der Waals surface area contributed by atoms with E-state index in [1.54, 1.807) is 6.07 Å². The number of rotatable bonds is 9. The summed E-state index contributed by atoms with van der Waals surface area (Å²) in [5, 5.41) is 24.4. The zero-order valence-corrected chi connectivity index (χ0v) is 16.2. The summed E-state index contributed by atoms with van der Waals surface area (Å²) in [4.78, 5) is 45.3. The van der Waals surface area contributed by atoms with Crippen molar-refractivity contribution >= 4 is 23.3 Å². The van der Waals surface area contributed by atoms with Gasteiger partial charge in [-0.25, -0.2) is 4.79 Å². The molecule has 0 aliphatic carbocycles. The molecule has 0 aliphatic heterocycles. The number of amides is 1. The quantitative estimate of drug-likeness (QED) is 0.369. The van der Waals surface area contributed by atoms with Gasteiger partial charge in [-0.15, -0.1) is 0 Å². The maximum absolute atomic E-state index is 12.4. The van der Waals surface area contributed by atoms with Gasteiger partial charge in [-0.3, -0.25) is 25.0 Å². The number of nitrogens with one attached hydrogen (secondary N) is 1. The van der Waals surface area contributed by atoms with Gasteiger partial charge in [0.2, 0.25) is 5.91 Å². The molecule has 1 atom stereocenters. The van der Waals surface area contributed by atoms with Crippen molar-refractivity contribution < 1.29 is 28.9 Å². The minimum atomic E-state index is -1.14. The van der Waals surface area contributed by atoms with Gasteiger partial charge in [0, 0.05) is 36.2 Å². The van der Waals surface area contributed by atoms with Crippen molar-refractivity contribution in [2.45, 2.75) is 18.9 Å². The van der Waals surface area contributed by atoms with E-state index in [9.17, 15) is 29.8 Å². The number of methoxy groups -OCH3 is 2. The summed E-state index contributed by atoms with van der Waals surface area (Å²) in [6.45, 7) is 0. The first-order chi connectivity index (χ1) is 14.2. The van der Waals surface area contributed by atoms with Gasteiger partial charge in [0.1, 0.15) is 11.8 Å². The van der Waals surface area contributed by atoms with Gasteiger partial charge < -0.3 is 14.8 Å². The fourth-order valence-electron chi connectivity index (χ4n) is 2.80. The van der Waals surface area contributed by atoms with Crippen LogP contribution in [0.15, 0.2) is 42.5 Å². The molecule has 2 rings (SSSR count). The Kier molecular flexibility index (Phi) is 7.39. The van der Waals surface area contributed by atoms with Gasteiger partial charge in [0.15, 0.2) is 0 Å². The molecule has 0 aliphatic rings. The van der Waals surface area contributed by atoms with Crippen LogP contribution in [0, 0.1) is 20.2 Å². The van der Waals surface area contributed by atoms with Gasteiger partial charge in [-0.2, -0.15) is 0 Å². The molecule has 2 aromatic rings. The number of esters is 1. The van der Waals surface area contributed by atoms with E-state index in [0.29, 0.717) is 16.9 Å². The van der Waals surface area contributed by atoms with Crippen molar-refractivity contribution in [3.05, 3.63) is 73.8 Å². The predicted octanol–water partition coefficient (Wildman–Crippen LogP) is 1.95. The van der Waals surface area contributed by atoms with E-state index in [-0.39, 0.29) is 24.2 Å². The Morgan fingerprint density at radius 3 is 2.30 bits per heavy atom. The average molecular weight is 417 g/mol. The summed E-state index contributed by atoms with van der Waals surface area (Å²) >= 11 is 0. The maximum Gasteiger partial charge on any atom is 0.328 e. The highest BCUT2D eigenvalue weighted by atomic mass is 16.6. The molecule has 0 bridgehead atoms. The van der Waals surface area contributed by atoms with E-state index in [1.807, 2.05) is 0 Å². The monoisotopic (exact) mass is 417 g/mol. The van der Waals surface area contributed by atoms with Crippen LogP contribution in [0.5, 0.6) is 5.75 Å². The molecule has 30 heavy (non-hydrogen) atoms. The molecule has 0 spiro atoms. The number of benzene rings is 2. The van der Waals surface area contributed by atoms with Crippen molar-refractivity contribution in [2.24, 2.45) is 0 Å². The second-order valence-corrected chi connectivity index (χ2v) is 6.20. The van der Waals surface area contributed by atoms with E-state index in [4.69, 9.17) is 9.47 Å². The lowest BCUT2D eigenvalue weighted by molar-refractivity contribution is -0.385. The fraction of sp³-hybridized carbons (Fsp3) is 0.263. The minimum absolute atomic E-state index is 0.113. The number of hydrogen-bond donors (Lipinski definition) is 1. The van der Waals surface area contributed by atoms with E-state index in [0.717, 1.165) is 7.11 Å². The second-order valence-electron chi connectivity index (χ2n) is 6.20. The van der Waals surface area contributed by atoms with Crippen LogP contribution in [-0.4, -0.2) is 42.0 Å². The third kappa shape index (κ3) is 5.74. The number of carbonyl (C=O) groups is 2. The average Bonchev–Trinajstić information content (AvgIpc) is 2.72. The smallest absolute Gasteiger partial charge is 0.328 e. The van der Waals surface area contributed by atoms with Crippen LogP contribution >= 0.6 is 0 Å². The summed E-state index contributed by atoms with van der Waals surface area (Å²) in [5.74, 6) is -1.02. The van der Waals surface area contributed by atoms with Crippen molar-refractivity contribution in [3.63, 3.8) is 0 Å². The zero-order chi connectivity index (χ0) is 22.3. The number of nitro benzene ring substituents is 2. The number of nitro groups is 2. The first-order valence-electron chi connectivity index (χ1n) is 8.67. The number of nitrogens with zero attached hydrogens (tertiary/aromatic N) is 2. The minimum Gasteiger partial charge on any atom is -0.496 e. The zero-order valence-electron chi connectivity index (χ0n) is 16.2. The van der Waals surface area contributed by atoms with Crippen molar-refractivity contribution in [1.82, 2.24) is 5.32 Å². The molecule has 1 amide bonds. The lowest BCUT2D eigenvalue weighted by Gasteiger charge is -2.18. The number of ether oxygens (including phenoxy) is 2. The molecular formula is C19H19N3O8. The highest BCUT2D eigenvalue weighted by Crippen LogP contribution is 2.25. The Morgan fingerprint density at radius 2 is 1.70 bits per heavy atom. The van der Waals surface area contributed by atoms with Crippen LogP contribution in [0.2, 0.25) is 0 Å². The standard InChI is InChI=1S/C19H19N3O8/c1-29-17-7-6-15(22(27)28)10-13(17)11-16(19(24)30-2)20-18(23)9-12-4-3-5-14(8-12)21(25)26/h3-8,10,16H,9,11H2,1-2H3,(H,20,23)/t16-/m1/s1. The van der Waals surface area contributed by atoms with Gasteiger partial charge in [0.25, 0.3) is 11.4 Å². The second kappa shape index (κ2) is 9.96. The van der Waals surface area contributed by atoms with Crippen LogP contribution in [0.4, 0.5) is 11.4 Å². The fourth-order valence-corrected chi connectivity index (χ4v) is 2.80. The Balaban J connectivity index is 2.21. The molecule has 1 N–H and O–H groups in total. The first-order valence-corrected chi connectivity index (χ1v) is 8.67. The highest BCUT2D eigenvalue weighted by molar-refractivity contribution is 5.86. The molecule has 0 aromatic heterocycles. The van der Waals surface area contributed by atoms with Gasteiger partial charge >= 0.3 is 5.97 Å². The maximum atomic E-state index is 12.4. The van der Waals surface area contributed by atoms with Crippen LogP contribution in [0.25, 0.3) is 0 Å². The van der Waals surface area contributed by atoms with E-state index >= 15 is 0 Å². The summed E-state index contributed by atoms with van der Waals surface area (Å²) in [6, 6.07) is 8.32. The lowest BCUT2D eigenvalue weighted by atomic mass is 10.0. The summed E-state index contributed by atoms with van der Waals surface area (Å²) in [5.41, 5.74) is 0.361. The molecule has 11 heteroatoms. The van der Waals surface area contributed by atoms with Crippen LogP contribution in [0.3, 0.4) is 0 Å². The largest absolute Gasteiger partial charge is 0.496 e. The molecule has 0 fully saturated rings. The Bertz CT molecular complexity index is 976. The van der Waals surface area contributed by atoms with Crippen molar-refractivity contribution in [1.29, 1.82) is 0 Å². The molecule has 11 nitrogen and oxygen atoms in total. The number of carbonyl (C=O) groups excluding carboxylic acids is 2. The van der Waals surface area contributed by atoms with Gasteiger partial charge in [0.05, 0.1) is 30.5 Å². The van der Waals surface area contributed by atoms with E-state index in [2.05, 4.69) is 5.32 Å². The van der Waals surface area contributed by atoms with Crippen LogP contribution in [-0.2, 0) is 27.2 Å². The molecule has 2 aromatic carbocycles. The van der Waals surface area contributed by atoms with Crippen molar-refractivity contribution in [3.8, 4) is 5.75 Å². The molecule has 0 saturated heterocycles. The molecule has 0 saturated carbocycles. The third-order valence-corrected chi connectivity index (χ3v) is 4.21. The topological polar surface area (TPSA) is 151 Å². The molecule has 0 radical (unpaired) electrons. The Labute approximate surface area is 170 Å². The van der Waals surface area contributed by atoms with Crippen molar-refractivity contribution in [2.75, 3.05) is 14.2 Å². The summed E-state index contributed by atoms with van der Waals surface area (Å²) in [7, 11) is 2.52. The number of hydrogen-bond acceptors (Lipinski definition) is 8. The highest BCUT2D eigenvalue weighted by Gasteiger charge is 2.25. The normalized spacial score (nSPS) is 11.3. The van der Waals surface area contributed by atoms with Crippen LogP contribution in [0.1, 0.15) is 11.1 Å². The lowest BCUT2D eigenvalue weighted by Crippen LogP contribution is -2.43. The Morgan fingerprint density at radius 1 is 1.03 bits per heavy atom. The summed E-state index contributed by atoms with van der Waals surface area (Å²) < 4.78 is 9.90. The SMILES string of the molecule is COC(=O)[C@@H](Cc1cc([N+](=O)[O-])ccc1OC)NC(=O)Cc1cccc([N+](=O)[O-])c1. The molecule has 0 unspecified atom stereocenters. The van der Waals surface area contributed by atoms with E-state index in [1.165, 1.54) is 43.5 Å². The predicted molar refractivity (Wildman–Crippen MR) is 104 cm³/mol. The molecule has 158 valence electrons. The first kappa shape index (κ1) is 22.3. The Hall–Kier alpha value is -4.02.